The zero-order valence-electron chi connectivity index (χ0n) is 10.8. The van der Waals surface area contributed by atoms with E-state index < -0.39 is 0 Å². The molecule has 3 heteroatoms. The molecule has 0 aromatic carbocycles. The molecular formula is C14H24N2O. The largest absolute Gasteiger partial charge is 0.472 e. The molecule has 96 valence electrons. The highest BCUT2D eigenvalue weighted by molar-refractivity contribution is 5.04. The number of hydrogen-bond donors (Lipinski definition) is 1. The molecule has 1 aliphatic rings. The third-order valence-electron chi connectivity index (χ3n) is 3.44. The van der Waals surface area contributed by atoms with Gasteiger partial charge in [-0.3, -0.25) is 4.90 Å². The second kappa shape index (κ2) is 6.82. The zero-order valence-corrected chi connectivity index (χ0v) is 10.8. The summed E-state index contributed by atoms with van der Waals surface area (Å²) < 4.78 is 5.14. The average Bonchev–Trinajstić information content (AvgIpc) is 2.83. The van der Waals surface area contributed by atoms with Crippen LogP contribution in [0, 0.1) is 5.92 Å². The van der Waals surface area contributed by atoms with Crippen LogP contribution in [0.1, 0.15) is 31.7 Å². The van der Waals surface area contributed by atoms with Gasteiger partial charge in [0.05, 0.1) is 12.5 Å². The van der Waals surface area contributed by atoms with E-state index in [1.165, 1.54) is 51.0 Å². The van der Waals surface area contributed by atoms with Gasteiger partial charge in [-0.25, -0.2) is 0 Å². The summed E-state index contributed by atoms with van der Waals surface area (Å²) >= 11 is 0. The summed E-state index contributed by atoms with van der Waals surface area (Å²) in [7, 11) is 0. The molecule has 0 radical (unpaired) electrons. The summed E-state index contributed by atoms with van der Waals surface area (Å²) in [5, 5.41) is 3.50. The first-order chi connectivity index (χ1) is 8.38. The summed E-state index contributed by atoms with van der Waals surface area (Å²) in [6, 6.07) is 2.07. The van der Waals surface area contributed by atoms with Crippen LogP contribution < -0.4 is 5.32 Å². The minimum Gasteiger partial charge on any atom is -0.472 e. The van der Waals surface area contributed by atoms with Crippen molar-refractivity contribution in [3.8, 4) is 0 Å². The summed E-state index contributed by atoms with van der Waals surface area (Å²) in [5.74, 6) is 0.821. The van der Waals surface area contributed by atoms with E-state index in [0.717, 1.165) is 12.5 Å². The Kier molecular flexibility index (Phi) is 5.08. The lowest BCUT2D eigenvalue weighted by Gasteiger charge is -2.29. The Bertz CT molecular complexity index is 291. The van der Waals surface area contributed by atoms with Gasteiger partial charge < -0.3 is 9.73 Å². The predicted octanol–water partition coefficient (Wildman–Crippen LogP) is 2.49. The van der Waals surface area contributed by atoms with E-state index >= 15 is 0 Å². The summed E-state index contributed by atoms with van der Waals surface area (Å²) in [5.41, 5.74) is 1.29. The van der Waals surface area contributed by atoms with Crippen molar-refractivity contribution in [1.82, 2.24) is 10.2 Å². The highest BCUT2D eigenvalue weighted by atomic mass is 16.3. The Morgan fingerprint density at radius 2 is 2.47 bits per heavy atom. The van der Waals surface area contributed by atoms with Crippen molar-refractivity contribution in [3.05, 3.63) is 24.2 Å². The molecule has 1 N–H and O–H groups in total. The molecular weight excluding hydrogens is 212 g/mol. The second-order valence-electron chi connectivity index (χ2n) is 5.08. The van der Waals surface area contributed by atoms with Crippen LogP contribution in [-0.4, -0.2) is 31.1 Å². The summed E-state index contributed by atoms with van der Waals surface area (Å²) in [6.45, 7) is 8.06. The molecule has 1 atom stereocenters. The first-order valence-electron chi connectivity index (χ1n) is 6.82. The van der Waals surface area contributed by atoms with E-state index in [0.29, 0.717) is 0 Å². The molecule has 1 saturated heterocycles. The van der Waals surface area contributed by atoms with Gasteiger partial charge in [-0.05, 0) is 50.9 Å². The molecule has 1 aromatic rings. The Labute approximate surface area is 104 Å². The normalized spacial score (nSPS) is 20.9. The van der Waals surface area contributed by atoms with Crippen molar-refractivity contribution < 1.29 is 4.42 Å². The SMILES string of the molecule is CCCN(Cc1ccoc1)CC1CCCNC1. The van der Waals surface area contributed by atoms with Crippen LogP contribution in [0.2, 0.25) is 0 Å². The Morgan fingerprint density at radius 1 is 1.53 bits per heavy atom. The van der Waals surface area contributed by atoms with Crippen molar-refractivity contribution in [2.75, 3.05) is 26.2 Å². The zero-order chi connectivity index (χ0) is 11.9. The van der Waals surface area contributed by atoms with Crippen LogP contribution in [-0.2, 0) is 6.54 Å². The van der Waals surface area contributed by atoms with E-state index in [9.17, 15) is 0 Å². The van der Waals surface area contributed by atoms with Gasteiger partial charge in [0, 0.05) is 18.7 Å². The highest BCUT2D eigenvalue weighted by Gasteiger charge is 2.16. The van der Waals surface area contributed by atoms with Gasteiger partial charge in [0.2, 0.25) is 0 Å². The molecule has 1 aromatic heterocycles. The molecule has 0 saturated carbocycles. The minimum absolute atomic E-state index is 0.821. The third-order valence-corrected chi connectivity index (χ3v) is 3.44. The molecule has 3 nitrogen and oxygen atoms in total. The van der Waals surface area contributed by atoms with Gasteiger partial charge in [0.15, 0.2) is 0 Å². The monoisotopic (exact) mass is 236 g/mol. The van der Waals surface area contributed by atoms with Crippen LogP contribution in [0.5, 0.6) is 0 Å². The lowest BCUT2D eigenvalue weighted by molar-refractivity contribution is 0.201. The topological polar surface area (TPSA) is 28.4 Å². The van der Waals surface area contributed by atoms with Crippen LogP contribution >= 0.6 is 0 Å². The second-order valence-corrected chi connectivity index (χ2v) is 5.08. The van der Waals surface area contributed by atoms with Gasteiger partial charge in [-0.15, -0.1) is 0 Å². The molecule has 1 aliphatic heterocycles. The standard InChI is InChI=1S/C14H24N2O/c1-2-7-16(11-14-5-8-17-12-14)10-13-4-3-6-15-9-13/h5,8,12-13,15H,2-4,6-7,9-11H2,1H3. The molecule has 0 aliphatic carbocycles. The molecule has 1 fully saturated rings. The smallest absolute Gasteiger partial charge is 0.0947 e. The van der Waals surface area contributed by atoms with Crippen molar-refractivity contribution in [2.24, 2.45) is 5.92 Å². The predicted molar refractivity (Wildman–Crippen MR) is 69.9 cm³/mol. The maximum atomic E-state index is 5.14. The van der Waals surface area contributed by atoms with Crippen molar-refractivity contribution >= 4 is 0 Å². The van der Waals surface area contributed by atoms with E-state index in [1.807, 2.05) is 6.26 Å². The lowest BCUT2D eigenvalue weighted by Crippen LogP contribution is -2.38. The third kappa shape index (κ3) is 4.17. The highest BCUT2D eigenvalue weighted by Crippen LogP contribution is 2.14. The Balaban J connectivity index is 1.83. The fraction of sp³-hybridized carbons (Fsp3) is 0.714. The van der Waals surface area contributed by atoms with E-state index in [4.69, 9.17) is 4.42 Å². The number of piperidine rings is 1. The number of hydrogen-bond acceptors (Lipinski definition) is 3. The Morgan fingerprint density at radius 3 is 3.12 bits per heavy atom. The van der Waals surface area contributed by atoms with Crippen molar-refractivity contribution in [2.45, 2.75) is 32.7 Å². The molecule has 2 rings (SSSR count). The number of nitrogens with zero attached hydrogens (tertiary/aromatic N) is 1. The molecule has 2 heterocycles. The lowest BCUT2D eigenvalue weighted by atomic mass is 9.99. The van der Waals surface area contributed by atoms with Crippen LogP contribution in [0.4, 0.5) is 0 Å². The summed E-state index contributed by atoms with van der Waals surface area (Å²) in [6.07, 6.45) is 7.55. The maximum absolute atomic E-state index is 5.14. The quantitative estimate of drug-likeness (QED) is 0.822. The fourth-order valence-corrected chi connectivity index (χ4v) is 2.64. The number of furan rings is 1. The van der Waals surface area contributed by atoms with Gasteiger partial charge in [0.1, 0.15) is 0 Å². The van der Waals surface area contributed by atoms with Crippen molar-refractivity contribution in [3.63, 3.8) is 0 Å². The Hall–Kier alpha value is -0.800. The van der Waals surface area contributed by atoms with E-state index in [-0.39, 0.29) is 0 Å². The van der Waals surface area contributed by atoms with Crippen LogP contribution in [0.15, 0.2) is 23.0 Å². The average molecular weight is 236 g/mol. The molecule has 0 amide bonds. The van der Waals surface area contributed by atoms with Crippen LogP contribution in [0.3, 0.4) is 0 Å². The van der Waals surface area contributed by atoms with Crippen LogP contribution in [0.25, 0.3) is 0 Å². The molecule has 1 unspecified atom stereocenters. The van der Waals surface area contributed by atoms with E-state index in [2.05, 4.69) is 23.2 Å². The maximum Gasteiger partial charge on any atom is 0.0947 e. The summed E-state index contributed by atoms with van der Waals surface area (Å²) in [4.78, 5) is 2.56. The molecule has 0 spiro atoms. The first kappa shape index (κ1) is 12.7. The van der Waals surface area contributed by atoms with Gasteiger partial charge in [-0.2, -0.15) is 0 Å². The fourth-order valence-electron chi connectivity index (χ4n) is 2.64. The van der Waals surface area contributed by atoms with Gasteiger partial charge >= 0.3 is 0 Å². The minimum atomic E-state index is 0.821. The van der Waals surface area contributed by atoms with E-state index in [1.54, 1.807) is 6.26 Å². The number of rotatable bonds is 6. The van der Waals surface area contributed by atoms with Crippen molar-refractivity contribution in [1.29, 1.82) is 0 Å². The molecule has 0 bridgehead atoms. The van der Waals surface area contributed by atoms with Gasteiger partial charge in [0.25, 0.3) is 0 Å². The molecule has 17 heavy (non-hydrogen) atoms. The number of nitrogens with one attached hydrogen (secondary N) is 1. The first-order valence-corrected chi connectivity index (χ1v) is 6.82. The van der Waals surface area contributed by atoms with Gasteiger partial charge in [-0.1, -0.05) is 6.92 Å².